The fourth-order valence-corrected chi connectivity index (χ4v) is 1.94. The van der Waals surface area contributed by atoms with Gasteiger partial charge in [0.25, 0.3) is 0 Å². The van der Waals surface area contributed by atoms with Crippen molar-refractivity contribution < 1.29 is 4.79 Å². The van der Waals surface area contributed by atoms with E-state index in [0.717, 1.165) is 32.4 Å². The highest BCUT2D eigenvalue weighted by atomic mass is 16.2. The van der Waals surface area contributed by atoms with Crippen molar-refractivity contribution in [1.82, 2.24) is 4.90 Å². The van der Waals surface area contributed by atoms with Crippen molar-refractivity contribution in [3.63, 3.8) is 0 Å². The summed E-state index contributed by atoms with van der Waals surface area (Å²) in [6.45, 7) is 4.35. The topological polar surface area (TPSA) is 46.3 Å². The molecule has 0 aromatic carbocycles. The van der Waals surface area contributed by atoms with Crippen LogP contribution in [-0.4, -0.2) is 30.4 Å². The van der Waals surface area contributed by atoms with E-state index in [0.29, 0.717) is 18.4 Å². The number of rotatable bonds is 7. The zero-order valence-corrected chi connectivity index (χ0v) is 9.87. The Morgan fingerprint density at radius 1 is 1.40 bits per heavy atom. The molecule has 2 N–H and O–H groups in total. The first-order valence-corrected chi connectivity index (χ1v) is 6.25. The number of hydrogen-bond donors (Lipinski definition) is 1. The molecule has 0 spiro atoms. The lowest BCUT2D eigenvalue weighted by Crippen LogP contribution is -2.37. The molecule has 0 saturated heterocycles. The maximum atomic E-state index is 11.9. The lowest BCUT2D eigenvalue weighted by molar-refractivity contribution is -0.132. The fraction of sp³-hybridized carbons (Fsp3) is 0.917. The zero-order chi connectivity index (χ0) is 11.1. The van der Waals surface area contributed by atoms with E-state index in [1.165, 1.54) is 19.3 Å². The van der Waals surface area contributed by atoms with Crippen LogP contribution in [0.25, 0.3) is 0 Å². The molecule has 0 heterocycles. The molecule has 1 amide bonds. The van der Waals surface area contributed by atoms with E-state index in [9.17, 15) is 4.79 Å². The van der Waals surface area contributed by atoms with Crippen LogP contribution in [0.3, 0.4) is 0 Å². The van der Waals surface area contributed by atoms with Gasteiger partial charge in [-0.1, -0.05) is 19.8 Å². The summed E-state index contributed by atoms with van der Waals surface area (Å²) in [7, 11) is 0. The van der Waals surface area contributed by atoms with Crippen molar-refractivity contribution in [3.8, 4) is 0 Å². The van der Waals surface area contributed by atoms with Crippen LogP contribution in [0.5, 0.6) is 0 Å². The third-order valence-electron chi connectivity index (χ3n) is 3.22. The normalized spacial score (nSPS) is 16.1. The Morgan fingerprint density at radius 3 is 2.60 bits per heavy atom. The summed E-state index contributed by atoms with van der Waals surface area (Å²) in [5, 5.41) is 0. The molecule has 0 aromatic heterocycles. The Bertz CT molecular complexity index is 190. The van der Waals surface area contributed by atoms with E-state index in [1.54, 1.807) is 0 Å². The first kappa shape index (κ1) is 12.5. The van der Waals surface area contributed by atoms with E-state index < -0.39 is 0 Å². The van der Waals surface area contributed by atoms with Gasteiger partial charge in [0, 0.05) is 26.1 Å². The minimum absolute atomic E-state index is 0.318. The van der Waals surface area contributed by atoms with Gasteiger partial charge in [-0.25, -0.2) is 0 Å². The third-order valence-corrected chi connectivity index (χ3v) is 3.22. The van der Waals surface area contributed by atoms with Gasteiger partial charge in [0.15, 0.2) is 0 Å². The zero-order valence-electron chi connectivity index (χ0n) is 9.87. The highest BCUT2D eigenvalue weighted by Gasteiger charge is 2.23. The second-order valence-corrected chi connectivity index (χ2v) is 4.52. The average molecular weight is 212 g/mol. The van der Waals surface area contributed by atoms with Crippen molar-refractivity contribution >= 4 is 5.91 Å². The van der Waals surface area contributed by atoms with E-state index in [4.69, 9.17) is 5.73 Å². The highest BCUT2D eigenvalue weighted by Crippen LogP contribution is 2.29. The molecule has 0 atom stereocenters. The summed E-state index contributed by atoms with van der Waals surface area (Å²) in [6, 6.07) is 0. The van der Waals surface area contributed by atoms with Crippen molar-refractivity contribution in [1.29, 1.82) is 0 Å². The largest absolute Gasteiger partial charge is 0.341 e. The molecule has 3 heteroatoms. The molecule has 0 radical (unpaired) electrons. The SMILES string of the molecule is CCCCN(CCN)C(=O)CC1CCC1. The number of nitrogens with zero attached hydrogens (tertiary/aromatic N) is 1. The van der Waals surface area contributed by atoms with Crippen LogP contribution in [0.4, 0.5) is 0 Å². The Hall–Kier alpha value is -0.570. The van der Waals surface area contributed by atoms with Crippen LogP contribution in [-0.2, 0) is 4.79 Å². The van der Waals surface area contributed by atoms with Crippen LogP contribution in [0.2, 0.25) is 0 Å². The second-order valence-electron chi connectivity index (χ2n) is 4.52. The average Bonchev–Trinajstić information content (AvgIpc) is 2.18. The molecule has 0 unspecified atom stereocenters. The first-order chi connectivity index (χ1) is 7.27. The number of nitrogens with two attached hydrogens (primary N) is 1. The fourth-order valence-electron chi connectivity index (χ4n) is 1.94. The molecule has 0 aliphatic heterocycles. The van der Waals surface area contributed by atoms with Crippen LogP contribution < -0.4 is 5.73 Å². The van der Waals surface area contributed by atoms with Crippen LogP contribution in [0.1, 0.15) is 45.4 Å². The summed E-state index contributed by atoms with van der Waals surface area (Å²) in [5.41, 5.74) is 5.52. The second kappa shape index (κ2) is 6.83. The molecular weight excluding hydrogens is 188 g/mol. The quantitative estimate of drug-likeness (QED) is 0.699. The van der Waals surface area contributed by atoms with Gasteiger partial charge in [-0.3, -0.25) is 4.79 Å². The van der Waals surface area contributed by atoms with E-state index in [1.807, 2.05) is 4.90 Å². The molecule has 1 rings (SSSR count). The molecule has 1 fully saturated rings. The number of unbranched alkanes of at least 4 members (excludes halogenated alkanes) is 1. The summed E-state index contributed by atoms with van der Waals surface area (Å²) < 4.78 is 0. The Balaban J connectivity index is 2.28. The van der Waals surface area contributed by atoms with Crippen LogP contribution >= 0.6 is 0 Å². The maximum Gasteiger partial charge on any atom is 0.222 e. The van der Waals surface area contributed by atoms with Gasteiger partial charge in [0.05, 0.1) is 0 Å². The van der Waals surface area contributed by atoms with Gasteiger partial charge in [0.1, 0.15) is 0 Å². The number of carbonyl (C=O) groups is 1. The van der Waals surface area contributed by atoms with Crippen molar-refractivity contribution in [2.45, 2.75) is 45.4 Å². The number of carbonyl (C=O) groups excluding carboxylic acids is 1. The maximum absolute atomic E-state index is 11.9. The summed E-state index contributed by atoms with van der Waals surface area (Å²) >= 11 is 0. The molecule has 3 nitrogen and oxygen atoms in total. The summed E-state index contributed by atoms with van der Waals surface area (Å²) in [5.74, 6) is 0.984. The highest BCUT2D eigenvalue weighted by molar-refractivity contribution is 5.76. The predicted octanol–water partition coefficient (Wildman–Crippen LogP) is 1.76. The van der Waals surface area contributed by atoms with Gasteiger partial charge < -0.3 is 10.6 Å². The Kier molecular flexibility index (Phi) is 5.69. The van der Waals surface area contributed by atoms with Crippen molar-refractivity contribution in [2.24, 2.45) is 11.7 Å². The molecule has 0 bridgehead atoms. The standard InChI is InChI=1S/C12H24N2O/c1-2-3-8-14(9-7-13)12(15)10-11-5-4-6-11/h11H,2-10,13H2,1H3. The van der Waals surface area contributed by atoms with E-state index in [-0.39, 0.29) is 0 Å². The lowest BCUT2D eigenvalue weighted by Gasteiger charge is -2.28. The molecule has 1 aliphatic carbocycles. The minimum atomic E-state index is 0.318. The number of amides is 1. The molecule has 1 saturated carbocycles. The molecule has 0 aromatic rings. The van der Waals surface area contributed by atoms with Crippen molar-refractivity contribution in [3.05, 3.63) is 0 Å². The molecule has 1 aliphatic rings. The van der Waals surface area contributed by atoms with E-state index >= 15 is 0 Å². The third kappa shape index (κ3) is 4.20. The number of hydrogen-bond acceptors (Lipinski definition) is 2. The molecule has 15 heavy (non-hydrogen) atoms. The Labute approximate surface area is 93.0 Å². The van der Waals surface area contributed by atoms with Gasteiger partial charge in [-0.2, -0.15) is 0 Å². The first-order valence-electron chi connectivity index (χ1n) is 6.25. The monoisotopic (exact) mass is 212 g/mol. The molecule has 88 valence electrons. The Morgan fingerprint density at radius 2 is 2.13 bits per heavy atom. The van der Waals surface area contributed by atoms with Gasteiger partial charge in [-0.15, -0.1) is 0 Å². The van der Waals surface area contributed by atoms with Crippen LogP contribution in [0, 0.1) is 5.92 Å². The van der Waals surface area contributed by atoms with Gasteiger partial charge in [0.2, 0.25) is 5.91 Å². The van der Waals surface area contributed by atoms with Gasteiger partial charge >= 0.3 is 0 Å². The van der Waals surface area contributed by atoms with Gasteiger partial charge in [-0.05, 0) is 25.2 Å². The van der Waals surface area contributed by atoms with Crippen molar-refractivity contribution in [2.75, 3.05) is 19.6 Å². The van der Waals surface area contributed by atoms with Crippen LogP contribution in [0.15, 0.2) is 0 Å². The van der Waals surface area contributed by atoms with E-state index in [2.05, 4.69) is 6.92 Å². The lowest BCUT2D eigenvalue weighted by atomic mass is 9.82. The summed E-state index contributed by atoms with van der Waals surface area (Å²) in [4.78, 5) is 13.9. The molecular formula is C12H24N2O. The smallest absolute Gasteiger partial charge is 0.222 e. The predicted molar refractivity (Wildman–Crippen MR) is 62.5 cm³/mol. The minimum Gasteiger partial charge on any atom is -0.341 e. The summed E-state index contributed by atoms with van der Waals surface area (Å²) in [6.07, 6.45) is 6.79.